The second kappa shape index (κ2) is 10.5. The molecule has 8 heteroatoms. The van der Waals surface area contributed by atoms with E-state index in [0.717, 1.165) is 20.1 Å². The van der Waals surface area contributed by atoms with Gasteiger partial charge in [-0.3, -0.25) is 20.4 Å². The van der Waals surface area contributed by atoms with E-state index in [4.69, 9.17) is 9.47 Å². The van der Waals surface area contributed by atoms with E-state index in [2.05, 4.69) is 42.7 Å². The minimum atomic E-state index is -0.479. The number of benzene rings is 2. The Kier molecular flexibility index (Phi) is 8.32. The second-order valence-corrected chi connectivity index (χ2v) is 8.21. The van der Waals surface area contributed by atoms with Crippen LogP contribution in [0.3, 0.4) is 0 Å². The standard InChI is InChI=1S/C20H22Br2N2O4/c1-12(2)15-9-14(21)5-7-17(15)27-10-19(25)23-24-20(26)11-28-18-6-4-13(3)8-16(18)22/h4-9,12H,10-11H2,1-3H3,(H,23,25)(H,24,26). The molecule has 0 atom stereocenters. The van der Waals surface area contributed by atoms with E-state index >= 15 is 0 Å². The first-order valence-electron chi connectivity index (χ1n) is 8.65. The summed E-state index contributed by atoms with van der Waals surface area (Å²) in [5.41, 5.74) is 6.67. The number of rotatable bonds is 7. The molecule has 0 fully saturated rings. The lowest BCUT2D eigenvalue weighted by atomic mass is 10.0. The smallest absolute Gasteiger partial charge is 0.276 e. The largest absolute Gasteiger partial charge is 0.483 e. The van der Waals surface area contributed by atoms with Crippen molar-refractivity contribution in [3.63, 3.8) is 0 Å². The SMILES string of the molecule is Cc1ccc(OCC(=O)NNC(=O)COc2ccc(Br)cc2C(C)C)c(Br)c1. The zero-order valence-electron chi connectivity index (χ0n) is 15.8. The van der Waals surface area contributed by atoms with E-state index in [1.807, 2.05) is 45.0 Å². The molecule has 0 spiro atoms. The topological polar surface area (TPSA) is 76.7 Å². The molecule has 0 aromatic heterocycles. The highest BCUT2D eigenvalue weighted by Gasteiger charge is 2.12. The Morgan fingerprint density at radius 2 is 1.50 bits per heavy atom. The summed E-state index contributed by atoms with van der Waals surface area (Å²) in [6.07, 6.45) is 0. The number of hydrogen-bond donors (Lipinski definition) is 2. The van der Waals surface area contributed by atoms with Crippen LogP contribution in [-0.4, -0.2) is 25.0 Å². The third-order valence-corrected chi connectivity index (χ3v) is 4.85. The third-order valence-electron chi connectivity index (χ3n) is 3.74. The van der Waals surface area contributed by atoms with Crippen LogP contribution in [0.2, 0.25) is 0 Å². The van der Waals surface area contributed by atoms with E-state index in [-0.39, 0.29) is 19.1 Å². The zero-order valence-corrected chi connectivity index (χ0v) is 19.0. The van der Waals surface area contributed by atoms with Crippen molar-refractivity contribution in [1.29, 1.82) is 0 Å². The van der Waals surface area contributed by atoms with Gasteiger partial charge in [0.2, 0.25) is 0 Å². The van der Waals surface area contributed by atoms with Gasteiger partial charge in [-0.15, -0.1) is 0 Å². The predicted molar refractivity (Wildman–Crippen MR) is 114 cm³/mol. The van der Waals surface area contributed by atoms with Crippen LogP contribution in [0.1, 0.15) is 30.9 Å². The maximum atomic E-state index is 11.9. The van der Waals surface area contributed by atoms with Crippen LogP contribution in [0, 0.1) is 6.92 Å². The normalized spacial score (nSPS) is 10.5. The number of carbonyl (C=O) groups excluding carboxylic acids is 2. The molecule has 150 valence electrons. The summed E-state index contributed by atoms with van der Waals surface area (Å²) >= 11 is 6.80. The molecule has 0 unspecified atom stereocenters. The summed E-state index contributed by atoms with van der Waals surface area (Å²) < 4.78 is 12.7. The van der Waals surface area contributed by atoms with Crippen molar-refractivity contribution in [3.8, 4) is 11.5 Å². The van der Waals surface area contributed by atoms with Crippen molar-refractivity contribution in [2.24, 2.45) is 0 Å². The van der Waals surface area contributed by atoms with Gasteiger partial charge in [-0.25, -0.2) is 0 Å². The molecule has 0 aliphatic rings. The van der Waals surface area contributed by atoms with E-state index in [1.54, 1.807) is 12.1 Å². The molecule has 0 radical (unpaired) electrons. The molecule has 2 aromatic carbocycles. The van der Waals surface area contributed by atoms with Crippen LogP contribution in [0.5, 0.6) is 11.5 Å². The van der Waals surface area contributed by atoms with Crippen LogP contribution >= 0.6 is 31.9 Å². The van der Waals surface area contributed by atoms with Crippen molar-refractivity contribution in [2.75, 3.05) is 13.2 Å². The van der Waals surface area contributed by atoms with Gasteiger partial charge in [0.05, 0.1) is 4.47 Å². The highest BCUT2D eigenvalue weighted by molar-refractivity contribution is 9.10. The number of hydrogen-bond acceptors (Lipinski definition) is 4. The number of ether oxygens (including phenoxy) is 2. The molecule has 2 aromatic rings. The third kappa shape index (κ3) is 6.83. The molecule has 0 aliphatic heterocycles. The Labute approximate surface area is 181 Å². The number of halogens is 2. The predicted octanol–water partition coefficient (Wildman–Crippen LogP) is 4.25. The van der Waals surface area contributed by atoms with Gasteiger partial charge in [-0.2, -0.15) is 0 Å². The molecular formula is C20H22Br2N2O4. The zero-order chi connectivity index (χ0) is 20.7. The first kappa shape index (κ1) is 22.2. The average molecular weight is 514 g/mol. The monoisotopic (exact) mass is 512 g/mol. The highest BCUT2D eigenvalue weighted by Crippen LogP contribution is 2.29. The van der Waals surface area contributed by atoms with E-state index in [0.29, 0.717) is 11.5 Å². The second-order valence-electron chi connectivity index (χ2n) is 6.44. The summed E-state index contributed by atoms with van der Waals surface area (Å²) in [7, 11) is 0. The van der Waals surface area contributed by atoms with Crippen LogP contribution in [-0.2, 0) is 9.59 Å². The first-order valence-corrected chi connectivity index (χ1v) is 10.2. The summed E-state index contributed by atoms with van der Waals surface area (Å²) in [6, 6.07) is 11.1. The van der Waals surface area contributed by atoms with E-state index in [9.17, 15) is 9.59 Å². The minimum absolute atomic E-state index is 0.216. The van der Waals surface area contributed by atoms with Gasteiger partial charge in [-0.1, -0.05) is 35.8 Å². The van der Waals surface area contributed by atoms with Gasteiger partial charge in [0.15, 0.2) is 13.2 Å². The molecule has 2 amide bonds. The summed E-state index contributed by atoms with van der Waals surface area (Å²) in [4.78, 5) is 23.8. The van der Waals surface area contributed by atoms with Gasteiger partial charge >= 0.3 is 0 Å². The molecular weight excluding hydrogens is 492 g/mol. The lowest BCUT2D eigenvalue weighted by Crippen LogP contribution is -2.45. The molecule has 0 aliphatic carbocycles. The molecule has 0 saturated carbocycles. The molecule has 0 bridgehead atoms. The van der Waals surface area contributed by atoms with Crippen LogP contribution < -0.4 is 20.3 Å². The fourth-order valence-corrected chi connectivity index (χ4v) is 3.31. The van der Waals surface area contributed by atoms with Crippen molar-refractivity contribution in [3.05, 3.63) is 56.5 Å². The van der Waals surface area contributed by atoms with Crippen LogP contribution in [0.4, 0.5) is 0 Å². The summed E-state index contributed by atoms with van der Waals surface area (Å²) in [6.45, 7) is 5.60. The number of carbonyl (C=O) groups is 2. The molecule has 0 saturated heterocycles. The number of nitrogens with one attached hydrogen (secondary N) is 2. The number of amides is 2. The fourth-order valence-electron chi connectivity index (χ4n) is 2.32. The van der Waals surface area contributed by atoms with Crippen molar-refractivity contribution >= 4 is 43.7 Å². The maximum Gasteiger partial charge on any atom is 0.276 e. The highest BCUT2D eigenvalue weighted by atomic mass is 79.9. The quantitative estimate of drug-likeness (QED) is 0.542. The Balaban J connectivity index is 1.77. The van der Waals surface area contributed by atoms with Gasteiger partial charge in [0.25, 0.3) is 11.8 Å². The lowest BCUT2D eigenvalue weighted by molar-refractivity contribution is -0.131. The molecule has 2 rings (SSSR count). The van der Waals surface area contributed by atoms with Gasteiger partial charge in [-0.05, 0) is 70.2 Å². The van der Waals surface area contributed by atoms with Crippen molar-refractivity contribution in [1.82, 2.24) is 10.9 Å². The van der Waals surface area contributed by atoms with Crippen LogP contribution in [0.25, 0.3) is 0 Å². The van der Waals surface area contributed by atoms with Crippen LogP contribution in [0.15, 0.2) is 45.3 Å². The average Bonchev–Trinajstić information content (AvgIpc) is 2.64. The summed E-state index contributed by atoms with van der Waals surface area (Å²) in [5, 5.41) is 0. The maximum absolute atomic E-state index is 11.9. The Morgan fingerprint density at radius 3 is 2.07 bits per heavy atom. The fraction of sp³-hybridized carbons (Fsp3) is 0.300. The first-order chi connectivity index (χ1) is 13.3. The van der Waals surface area contributed by atoms with Crippen molar-refractivity contribution in [2.45, 2.75) is 26.7 Å². The number of hydrazine groups is 1. The minimum Gasteiger partial charge on any atom is -0.483 e. The van der Waals surface area contributed by atoms with Crippen molar-refractivity contribution < 1.29 is 19.1 Å². The number of aryl methyl sites for hydroxylation is 1. The Hall–Kier alpha value is -2.06. The molecule has 28 heavy (non-hydrogen) atoms. The van der Waals surface area contributed by atoms with E-state index < -0.39 is 11.8 Å². The Morgan fingerprint density at radius 1 is 0.929 bits per heavy atom. The lowest BCUT2D eigenvalue weighted by Gasteiger charge is -2.15. The summed E-state index contributed by atoms with van der Waals surface area (Å²) in [5.74, 6) is 0.474. The van der Waals surface area contributed by atoms with Gasteiger partial charge < -0.3 is 9.47 Å². The molecule has 2 N–H and O–H groups in total. The van der Waals surface area contributed by atoms with E-state index in [1.165, 1.54) is 0 Å². The van der Waals surface area contributed by atoms with Gasteiger partial charge in [0.1, 0.15) is 11.5 Å². The Bertz CT molecular complexity index is 856. The molecule has 0 heterocycles. The van der Waals surface area contributed by atoms with Gasteiger partial charge in [0, 0.05) is 4.47 Å². The molecule has 6 nitrogen and oxygen atoms in total.